The van der Waals surface area contributed by atoms with E-state index in [0.717, 1.165) is 10.6 Å². The highest BCUT2D eigenvalue weighted by Crippen LogP contribution is 2.16. The van der Waals surface area contributed by atoms with Crippen LogP contribution in [0.4, 0.5) is 4.79 Å². The van der Waals surface area contributed by atoms with Crippen LogP contribution in [0.5, 0.6) is 0 Å². The van der Waals surface area contributed by atoms with E-state index in [-0.39, 0.29) is 12.5 Å². The van der Waals surface area contributed by atoms with Crippen molar-refractivity contribution in [3.63, 3.8) is 0 Å². The molecule has 0 aliphatic rings. The number of ether oxygens (including phenoxy) is 1. The number of nitrogens with one attached hydrogen (secondary N) is 2. The minimum atomic E-state index is -1.33. The summed E-state index contributed by atoms with van der Waals surface area (Å²) in [5.41, 5.74) is 3.16. The second-order valence-corrected chi connectivity index (χ2v) is 7.68. The van der Waals surface area contributed by atoms with Crippen molar-refractivity contribution in [2.24, 2.45) is 0 Å². The molecule has 0 atom stereocenters. The van der Waals surface area contributed by atoms with Crippen molar-refractivity contribution < 1.29 is 29.0 Å². The lowest BCUT2D eigenvalue weighted by Gasteiger charge is -2.34. The summed E-state index contributed by atoms with van der Waals surface area (Å²) < 4.78 is 4.62. The van der Waals surface area contributed by atoms with Gasteiger partial charge in [-0.05, 0) is 62.7 Å². The third-order valence-electron chi connectivity index (χ3n) is 4.30. The number of carbonyl (C=O) groups excluding carboxylic acids is 3. The Morgan fingerprint density at radius 3 is 1.90 bits per heavy atom. The van der Waals surface area contributed by atoms with E-state index in [1.54, 1.807) is 45.0 Å². The van der Waals surface area contributed by atoms with E-state index in [2.05, 4.69) is 15.5 Å². The molecule has 31 heavy (non-hydrogen) atoms. The van der Waals surface area contributed by atoms with Crippen LogP contribution >= 0.6 is 0 Å². The third kappa shape index (κ3) is 6.30. The monoisotopic (exact) mass is 427 g/mol. The first-order valence-corrected chi connectivity index (χ1v) is 9.42. The molecular formula is C22H25N3O6. The average Bonchev–Trinajstić information content (AvgIpc) is 2.74. The molecule has 2 rings (SSSR count). The summed E-state index contributed by atoms with van der Waals surface area (Å²) >= 11 is 0. The molecule has 3 amide bonds. The number of hydrogen-bond donors (Lipinski definition) is 3. The second-order valence-electron chi connectivity index (χ2n) is 7.68. The predicted molar refractivity (Wildman–Crippen MR) is 112 cm³/mol. The lowest BCUT2D eigenvalue weighted by atomic mass is 10.1. The highest BCUT2D eigenvalue weighted by atomic mass is 16.5. The van der Waals surface area contributed by atoms with Crippen molar-refractivity contribution in [3.8, 4) is 0 Å². The molecule has 0 unspecified atom stereocenters. The molecule has 0 saturated carbocycles. The first kappa shape index (κ1) is 23.4. The normalized spacial score (nSPS) is 10.7. The maximum Gasteiger partial charge on any atom is 0.423 e. The van der Waals surface area contributed by atoms with E-state index in [9.17, 15) is 19.2 Å². The van der Waals surface area contributed by atoms with Crippen molar-refractivity contribution in [2.75, 3.05) is 7.11 Å². The van der Waals surface area contributed by atoms with E-state index < -0.39 is 23.5 Å². The minimum Gasteiger partial charge on any atom is -0.465 e. The lowest BCUT2D eigenvalue weighted by molar-refractivity contribution is 0.0401. The number of methoxy groups -OCH3 is 1. The van der Waals surface area contributed by atoms with E-state index >= 15 is 0 Å². The quantitative estimate of drug-likeness (QED) is 0.498. The molecule has 0 bridgehead atoms. The maximum atomic E-state index is 12.7. The van der Waals surface area contributed by atoms with Crippen molar-refractivity contribution >= 4 is 23.9 Å². The third-order valence-corrected chi connectivity index (χ3v) is 4.30. The summed E-state index contributed by atoms with van der Waals surface area (Å²) in [6, 6.07) is 12.6. The van der Waals surface area contributed by atoms with Gasteiger partial charge in [-0.3, -0.25) is 9.59 Å². The summed E-state index contributed by atoms with van der Waals surface area (Å²) in [6.45, 7) is 5.36. The number of nitrogens with zero attached hydrogens (tertiary/aromatic N) is 1. The molecule has 0 aromatic heterocycles. The van der Waals surface area contributed by atoms with Gasteiger partial charge in [-0.15, -0.1) is 0 Å². The zero-order valence-corrected chi connectivity index (χ0v) is 17.8. The number of hydrazine groups is 1. The Morgan fingerprint density at radius 2 is 1.42 bits per heavy atom. The summed E-state index contributed by atoms with van der Waals surface area (Å²) in [5.74, 6) is -1.29. The Bertz CT molecular complexity index is 962. The first-order valence-electron chi connectivity index (χ1n) is 9.42. The lowest BCUT2D eigenvalue weighted by Crippen LogP contribution is -2.55. The Balaban J connectivity index is 2.02. The highest BCUT2D eigenvalue weighted by Gasteiger charge is 2.29. The summed E-state index contributed by atoms with van der Waals surface area (Å²) in [4.78, 5) is 47.4. The molecular weight excluding hydrogens is 402 g/mol. The number of rotatable bonds is 5. The van der Waals surface area contributed by atoms with Crippen LogP contribution in [0.2, 0.25) is 0 Å². The fraction of sp³-hybridized carbons (Fsp3) is 0.273. The van der Waals surface area contributed by atoms with Gasteiger partial charge < -0.3 is 15.2 Å². The fourth-order valence-electron chi connectivity index (χ4n) is 2.67. The van der Waals surface area contributed by atoms with E-state index in [4.69, 9.17) is 5.11 Å². The average molecular weight is 427 g/mol. The second kappa shape index (κ2) is 9.75. The zero-order chi connectivity index (χ0) is 23.2. The van der Waals surface area contributed by atoms with Crippen molar-refractivity contribution in [3.05, 3.63) is 70.8 Å². The van der Waals surface area contributed by atoms with Crippen LogP contribution in [-0.4, -0.2) is 46.6 Å². The van der Waals surface area contributed by atoms with E-state index in [1.807, 2.05) is 0 Å². The van der Waals surface area contributed by atoms with Gasteiger partial charge in [0.1, 0.15) is 0 Å². The Hall–Kier alpha value is -3.88. The molecule has 0 fully saturated rings. The first-order chi connectivity index (χ1) is 14.5. The summed E-state index contributed by atoms with van der Waals surface area (Å²) in [6.07, 6.45) is -1.33. The summed E-state index contributed by atoms with van der Waals surface area (Å²) in [7, 11) is 1.28. The van der Waals surface area contributed by atoms with Gasteiger partial charge >= 0.3 is 12.1 Å². The van der Waals surface area contributed by atoms with Gasteiger partial charge in [0, 0.05) is 17.7 Å². The van der Waals surface area contributed by atoms with Gasteiger partial charge in [0.05, 0.1) is 18.2 Å². The van der Waals surface area contributed by atoms with Crippen LogP contribution in [0.15, 0.2) is 48.5 Å². The molecule has 0 aliphatic carbocycles. The number of amides is 3. The van der Waals surface area contributed by atoms with Gasteiger partial charge in [0.25, 0.3) is 11.8 Å². The Labute approximate surface area is 180 Å². The van der Waals surface area contributed by atoms with E-state index in [1.165, 1.54) is 31.4 Å². The number of benzene rings is 2. The molecule has 0 spiro atoms. The van der Waals surface area contributed by atoms with Crippen LogP contribution in [0.3, 0.4) is 0 Å². The van der Waals surface area contributed by atoms with Crippen molar-refractivity contribution in [1.82, 2.24) is 15.8 Å². The van der Waals surface area contributed by atoms with Gasteiger partial charge in [0.15, 0.2) is 0 Å². The molecule has 0 radical (unpaired) electrons. The molecule has 9 nitrogen and oxygen atoms in total. The molecule has 2 aromatic rings. The van der Waals surface area contributed by atoms with Gasteiger partial charge in [-0.25, -0.2) is 20.0 Å². The standard InChI is InChI=1S/C22H25N3O6/c1-22(2,3)25(24-21(29)30)19(27)16-7-5-14(6-8-16)13-23-18(26)15-9-11-17(12-10-15)20(28)31-4/h5-12,24H,13H2,1-4H3,(H,23,26)(H,29,30). The van der Waals surface area contributed by atoms with Crippen LogP contribution in [0.25, 0.3) is 0 Å². The fourth-order valence-corrected chi connectivity index (χ4v) is 2.67. The zero-order valence-electron chi connectivity index (χ0n) is 17.8. The van der Waals surface area contributed by atoms with Crippen molar-refractivity contribution in [1.29, 1.82) is 0 Å². The van der Waals surface area contributed by atoms with Gasteiger partial charge in [-0.1, -0.05) is 12.1 Å². The molecule has 0 saturated heterocycles. The Morgan fingerprint density at radius 1 is 0.903 bits per heavy atom. The SMILES string of the molecule is COC(=O)c1ccc(C(=O)NCc2ccc(C(=O)N(NC(=O)O)C(C)(C)C)cc2)cc1. The number of esters is 1. The van der Waals surface area contributed by atoms with Gasteiger partial charge in [-0.2, -0.15) is 0 Å². The topological polar surface area (TPSA) is 125 Å². The van der Waals surface area contributed by atoms with Crippen LogP contribution in [0, 0.1) is 0 Å². The molecule has 2 aromatic carbocycles. The number of carboxylic acid groups (broad SMARTS) is 1. The molecule has 9 heteroatoms. The summed E-state index contributed by atoms with van der Waals surface area (Å²) in [5, 5.41) is 12.8. The smallest absolute Gasteiger partial charge is 0.423 e. The molecule has 0 heterocycles. The minimum absolute atomic E-state index is 0.225. The molecule has 3 N–H and O–H groups in total. The highest BCUT2D eigenvalue weighted by molar-refractivity contribution is 5.96. The molecule has 0 aliphatic heterocycles. The van der Waals surface area contributed by atoms with Crippen molar-refractivity contribution in [2.45, 2.75) is 32.9 Å². The van der Waals surface area contributed by atoms with Gasteiger partial charge in [0.2, 0.25) is 0 Å². The van der Waals surface area contributed by atoms with Crippen LogP contribution in [0.1, 0.15) is 57.4 Å². The van der Waals surface area contributed by atoms with Crippen LogP contribution in [-0.2, 0) is 11.3 Å². The molecule has 164 valence electrons. The van der Waals surface area contributed by atoms with Crippen LogP contribution < -0.4 is 10.7 Å². The number of hydrogen-bond acceptors (Lipinski definition) is 5. The van der Waals surface area contributed by atoms with E-state index in [0.29, 0.717) is 16.7 Å². The predicted octanol–water partition coefficient (Wildman–Crippen LogP) is 2.83. The largest absolute Gasteiger partial charge is 0.465 e. The number of carbonyl (C=O) groups is 4. The maximum absolute atomic E-state index is 12.7. The Kier molecular flexibility index (Phi) is 7.36.